The van der Waals surface area contributed by atoms with Gasteiger partial charge in [0.2, 0.25) is 0 Å². The van der Waals surface area contributed by atoms with Gasteiger partial charge in [0, 0.05) is 11.8 Å². The number of nitrogens with zero attached hydrogens (tertiary/aromatic N) is 3. The van der Waals surface area contributed by atoms with E-state index in [0.29, 0.717) is 22.4 Å². The molecule has 4 rings (SSSR count). The van der Waals surface area contributed by atoms with Crippen molar-refractivity contribution in [3.05, 3.63) is 54.5 Å². The highest BCUT2D eigenvalue weighted by Gasteiger charge is 2.53. The van der Waals surface area contributed by atoms with Crippen LogP contribution in [0.2, 0.25) is 18.1 Å². The third kappa shape index (κ3) is 5.65. The molecule has 0 saturated carbocycles. The molecule has 2 aromatic heterocycles. The number of benzene rings is 1. The monoisotopic (exact) mass is 546 g/mol. The van der Waals surface area contributed by atoms with E-state index in [4.69, 9.17) is 13.7 Å². The molecule has 13 heteroatoms. The fraction of sp³-hybridized carbons (Fsp3) is 0.458. The summed E-state index contributed by atoms with van der Waals surface area (Å²) in [5, 5.41) is 13.2. The van der Waals surface area contributed by atoms with Crippen molar-refractivity contribution >= 4 is 39.3 Å². The number of aliphatic hydroxyl groups excluding tert-OH is 1. The van der Waals surface area contributed by atoms with E-state index in [1.54, 1.807) is 41.1 Å². The van der Waals surface area contributed by atoms with Gasteiger partial charge in [-0.1, -0.05) is 39.0 Å². The summed E-state index contributed by atoms with van der Waals surface area (Å²) in [6.07, 6.45) is -0.663. The molecular formula is C24H31N4O7PSi. The quantitative estimate of drug-likeness (QED) is 0.320. The van der Waals surface area contributed by atoms with Gasteiger partial charge >= 0.3 is 8.25 Å². The summed E-state index contributed by atoms with van der Waals surface area (Å²) in [7, 11) is -5.67. The first-order valence-corrected chi connectivity index (χ1v) is 15.9. The summed E-state index contributed by atoms with van der Waals surface area (Å²) >= 11 is 0. The second kappa shape index (κ2) is 10.7. The van der Waals surface area contributed by atoms with Crippen molar-refractivity contribution in [1.82, 2.24) is 14.5 Å². The fourth-order valence-corrected chi connectivity index (χ4v) is 5.73. The number of ether oxygens (including phenoxy) is 1. The number of rotatable bonds is 8. The Balaban J connectivity index is 1.72. The van der Waals surface area contributed by atoms with Crippen molar-refractivity contribution in [1.29, 1.82) is 0 Å². The minimum atomic E-state index is -3.23. The Morgan fingerprint density at radius 2 is 1.92 bits per heavy atom. The Labute approximate surface area is 216 Å². The van der Waals surface area contributed by atoms with E-state index < -0.39 is 47.7 Å². The number of aromatic nitrogens is 3. The second-order valence-corrected chi connectivity index (χ2v) is 15.8. The number of hydrogen-bond acceptors (Lipinski definition) is 9. The average Bonchev–Trinajstić information content (AvgIpc) is 3.40. The van der Waals surface area contributed by atoms with Crippen LogP contribution >= 0.6 is 8.25 Å². The molecule has 3 heterocycles. The van der Waals surface area contributed by atoms with Crippen molar-refractivity contribution < 1.29 is 33.0 Å². The van der Waals surface area contributed by atoms with Crippen LogP contribution in [0.5, 0.6) is 0 Å². The molecule has 3 aromatic rings. The fourth-order valence-electron chi connectivity index (χ4n) is 3.99. The van der Waals surface area contributed by atoms with Crippen LogP contribution in [0.15, 0.2) is 48.9 Å². The highest BCUT2D eigenvalue weighted by Crippen LogP contribution is 2.44. The first-order valence-electron chi connectivity index (χ1n) is 11.9. The highest BCUT2D eigenvalue weighted by atomic mass is 31.1. The van der Waals surface area contributed by atoms with Crippen molar-refractivity contribution in [3.63, 3.8) is 0 Å². The number of aliphatic hydroxyl groups is 1. The molecule has 5 atom stereocenters. The maximum atomic E-state index is 12.7. The van der Waals surface area contributed by atoms with Gasteiger partial charge in [0.15, 0.2) is 20.6 Å². The molecule has 0 radical (unpaired) electrons. The SMILES string of the molecule is CC(C)(C)[Si](C)(C)O[C@@H]1[C@H](O[P+](=O)[O-])[C@@H](CO)O[C@H]1n1ccc2c(NC(=O)c3ccccc3)ncnc21. The molecule has 0 aliphatic carbocycles. The lowest BCUT2D eigenvalue weighted by Gasteiger charge is -2.40. The van der Waals surface area contributed by atoms with E-state index in [-0.39, 0.29) is 10.9 Å². The second-order valence-electron chi connectivity index (χ2n) is 10.4. The van der Waals surface area contributed by atoms with Crippen LogP contribution in [0.4, 0.5) is 5.82 Å². The number of fused-ring (bicyclic) bond motifs is 1. The molecule has 37 heavy (non-hydrogen) atoms. The van der Waals surface area contributed by atoms with Crippen molar-refractivity contribution in [3.8, 4) is 0 Å². The van der Waals surface area contributed by atoms with E-state index in [2.05, 4.69) is 36.1 Å². The minimum Gasteiger partial charge on any atom is -0.566 e. The Morgan fingerprint density at radius 1 is 1.22 bits per heavy atom. The van der Waals surface area contributed by atoms with Crippen molar-refractivity contribution in [2.45, 2.75) is 63.4 Å². The molecule has 1 aliphatic heterocycles. The molecule has 1 aliphatic rings. The van der Waals surface area contributed by atoms with E-state index in [1.165, 1.54) is 6.33 Å². The predicted octanol–water partition coefficient (Wildman–Crippen LogP) is 3.37. The molecule has 1 aromatic carbocycles. The van der Waals surface area contributed by atoms with E-state index in [0.717, 1.165) is 0 Å². The van der Waals surface area contributed by atoms with Crippen LogP contribution in [-0.2, 0) is 18.3 Å². The lowest BCUT2D eigenvalue weighted by atomic mass is 10.1. The zero-order valence-electron chi connectivity index (χ0n) is 21.3. The van der Waals surface area contributed by atoms with Crippen molar-refractivity contribution in [2.24, 2.45) is 0 Å². The zero-order chi connectivity index (χ0) is 27.0. The highest BCUT2D eigenvalue weighted by molar-refractivity contribution is 7.30. The van der Waals surface area contributed by atoms with Gasteiger partial charge in [-0.15, -0.1) is 4.52 Å². The number of carbonyl (C=O) groups excluding carboxylic acids is 1. The average molecular weight is 547 g/mol. The first-order chi connectivity index (χ1) is 17.4. The smallest absolute Gasteiger partial charge is 0.488 e. The Hall–Kier alpha value is -2.57. The summed E-state index contributed by atoms with van der Waals surface area (Å²) in [6, 6.07) is 10.5. The van der Waals surface area contributed by atoms with Gasteiger partial charge in [-0.25, -0.2) is 9.97 Å². The number of carbonyl (C=O) groups is 1. The van der Waals surface area contributed by atoms with E-state index in [9.17, 15) is 19.4 Å². The van der Waals surface area contributed by atoms with Gasteiger partial charge in [0.05, 0.1) is 12.0 Å². The lowest BCUT2D eigenvalue weighted by molar-refractivity contribution is -0.193. The number of amides is 1. The molecule has 11 nitrogen and oxygen atoms in total. The van der Waals surface area contributed by atoms with E-state index in [1.807, 2.05) is 19.2 Å². The molecule has 1 amide bonds. The standard InChI is InChI=1S/C24H31N4O7PSi/c1-24(2,3)37(4,5)35-19-18(34-36(31)32)17(13-29)33-23(19)28-12-11-16-20(25-14-26-21(16)28)27-22(30)15-9-7-6-8-10-15/h6-12,14,17-19,23,29H,13H2,1-5H3,(H,25,26,27,30)/t17-,18-,19-,23-/m1/s1. The maximum Gasteiger partial charge on any atom is 0.488 e. The zero-order valence-corrected chi connectivity index (χ0v) is 23.2. The third-order valence-electron chi connectivity index (χ3n) is 6.96. The maximum absolute atomic E-state index is 12.7. The van der Waals surface area contributed by atoms with Gasteiger partial charge in [-0.3, -0.25) is 4.79 Å². The normalized spacial score (nSPS) is 22.8. The van der Waals surface area contributed by atoms with Crippen LogP contribution in [0.25, 0.3) is 11.0 Å². The largest absolute Gasteiger partial charge is 0.566 e. The first kappa shape index (κ1) is 27.5. The van der Waals surface area contributed by atoms with Gasteiger partial charge in [0.25, 0.3) is 5.91 Å². The summed E-state index contributed by atoms with van der Waals surface area (Å²) in [6.45, 7) is 9.82. The number of nitrogens with one attached hydrogen (secondary N) is 1. The summed E-state index contributed by atoms with van der Waals surface area (Å²) in [5.74, 6) is -0.00994. The van der Waals surface area contributed by atoms with Crippen LogP contribution in [0.1, 0.15) is 37.4 Å². The molecule has 1 saturated heterocycles. The van der Waals surface area contributed by atoms with Crippen LogP contribution in [0, 0.1) is 0 Å². The van der Waals surface area contributed by atoms with Crippen LogP contribution in [-0.4, -0.2) is 58.8 Å². The molecule has 0 spiro atoms. The summed E-state index contributed by atoms with van der Waals surface area (Å²) in [4.78, 5) is 32.9. The number of hydrogen-bond donors (Lipinski definition) is 2. The lowest BCUT2D eigenvalue weighted by Crippen LogP contribution is -2.49. The van der Waals surface area contributed by atoms with Gasteiger partial charge in [-0.05, 0) is 40.9 Å². The molecule has 198 valence electrons. The van der Waals surface area contributed by atoms with Crippen molar-refractivity contribution in [2.75, 3.05) is 11.9 Å². The Bertz CT molecular complexity index is 1280. The Kier molecular flexibility index (Phi) is 7.91. The number of anilines is 1. The molecular weight excluding hydrogens is 515 g/mol. The van der Waals surface area contributed by atoms with E-state index >= 15 is 0 Å². The Morgan fingerprint density at radius 3 is 2.54 bits per heavy atom. The summed E-state index contributed by atoms with van der Waals surface area (Å²) in [5.41, 5.74) is 0.921. The minimum absolute atomic E-state index is 0.186. The third-order valence-corrected chi connectivity index (χ3v) is 11.9. The molecule has 1 unspecified atom stereocenters. The van der Waals surface area contributed by atoms with Gasteiger partial charge in [0.1, 0.15) is 30.0 Å². The van der Waals surface area contributed by atoms with Crippen LogP contribution < -0.4 is 10.2 Å². The van der Waals surface area contributed by atoms with Gasteiger partial charge in [-0.2, -0.15) is 0 Å². The summed E-state index contributed by atoms with van der Waals surface area (Å²) < 4.78 is 31.2. The molecule has 0 bridgehead atoms. The molecule has 1 fully saturated rings. The topological polar surface area (TPSA) is 148 Å². The molecule has 2 N–H and O–H groups in total. The van der Waals surface area contributed by atoms with Gasteiger partial charge < -0.3 is 29.0 Å². The van der Waals surface area contributed by atoms with Crippen LogP contribution in [0.3, 0.4) is 0 Å². The predicted molar refractivity (Wildman–Crippen MR) is 137 cm³/mol.